The van der Waals surface area contributed by atoms with Gasteiger partial charge in [-0.05, 0) is 30.3 Å². The molecule has 21 heavy (non-hydrogen) atoms. The van der Waals surface area contributed by atoms with Crippen LogP contribution in [0.3, 0.4) is 0 Å². The molecule has 0 aliphatic heterocycles. The number of ether oxygens (including phenoxy) is 2. The Morgan fingerprint density at radius 2 is 1.95 bits per heavy atom. The highest BCUT2D eigenvalue weighted by Crippen LogP contribution is 2.34. The molecule has 108 valence electrons. The van der Waals surface area contributed by atoms with Crippen molar-refractivity contribution in [2.24, 2.45) is 0 Å². The highest BCUT2D eigenvalue weighted by Gasteiger charge is 2.31. The van der Waals surface area contributed by atoms with Crippen molar-refractivity contribution in [3.63, 3.8) is 0 Å². The summed E-state index contributed by atoms with van der Waals surface area (Å²) >= 11 is 0. The Kier molecular flexibility index (Phi) is 3.98. The molecule has 0 N–H and O–H groups in total. The van der Waals surface area contributed by atoms with E-state index in [0.29, 0.717) is 5.56 Å². The minimum atomic E-state index is -4.80. The van der Waals surface area contributed by atoms with Gasteiger partial charge in [-0.2, -0.15) is 5.26 Å². The highest BCUT2D eigenvalue weighted by molar-refractivity contribution is 5.75. The first kappa shape index (κ1) is 14.7. The van der Waals surface area contributed by atoms with Crippen LogP contribution in [0.4, 0.5) is 13.2 Å². The molecule has 0 fully saturated rings. The molecule has 7 heteroatoms. The van der Waals surface area contributed by atoms with E-state index in [1.807, 2.05) is 6.07 Å². The zero-order valence-corrected chi connectivity index (χ0v) is 10.8. The quantitative estimate of drug-likeness (QED) is 0.869. The van der Waals surface area contributed by atoms with Gasteiger partial charge in [-0.15, -0.1) is 13.2 Å². The topological polar surface area (TPSA) is 55.1 Å². The average molecular weight is 294 g/mol. The summed E-state index contributed by atoms with van der Waals surface area (Å²) in [6.45, 7) is 0. The van der Waals surface area contributed by atoms with Crippen molar-refractivity contribution in [2.45, 2.75) is 6.36 Å². The van der Waals surface area contributed by atoms with Crippen molar-refractivity contribution in [3.8, 4) is 28.8 Å². The van der Waals surface area contributed by atoms with Crippen molar-refractivity contribution in [1.82, 2.24) is 4.98 Å². The van der Waals surface area contributed by atoms with Crippen molar-refractivity contribution in [1.29, 1.82) is 5.26 Å². The maximum absolute atomic E-state index is 12.3. The number of halogens is 3. The van der Waals surface area contributed by atoms with Gasteiger partial charge in [0.15, 0.2) is 0 Å². The first-order chi connectivity index (χ1) is 9.94. The molecular weight excluding hydrogens is 285 g/mol. The van der Waals surface area contributed by atoms with Gasteiger partial charge in [0.05, 0.1) is 18.7 Å². The van der Waals surface area contributed by atoms with Crippen LogP contribution in [0.1, 0.15) is 5.56 Å². The monoisotopic (exact) mass is 294 g/mol. The number of benzene rings is 1. The van der Waals surface area contributed by atoms with Gasteiger partial charge in [0.1, 0.15) is 5.75 Å². The predicted molar refractivity (Wildman–Crippen MR) is 67.6 cm³/mol. The minimum Gasteiger partial charge on any atom is -0.481 e. The molecule has 0 unspecified atom stereocenters. The van der Waals surface area contributed by atoms with Crippen molar-refractivity contribution in [2.75, 3.05) is 7.11 Å². The second-order valence-corrected chi connectivity index (χ2v) is 3.93. The number of aromatic nitrogens is 1. The van der Waals surface area contributed by atoms with Crippen LogP contribution in [0.15, 0.2) is 36.5 Å². The molecule has 0 bridgehead atoms. The minimum absolute atomic E-state index is 0.191. The van der Waals surface area contributed by atoms with Gasteiger partial charge in [-0.3, -0.25) is 0 Å². The number of methoxy groups -OCH3 is 1. The number of pyridine rings is 1. The second-order valence-electron chi connectivity index (χ2n) is 3.93. The molecule has 1 aromatic heterocycles. The third-order valence-electron chi connectivity index (χ3n) is 2.60. The molecule has 0 amide bonds. The molecule has 0 atom stereocenters. The summed E-state index contributed by atoms with van der Waals surface area (Å²) in [5.74, 6) is -0.208. The molecular formula is C14H9F3N2O2. The lowest BCUT2D eigenvalue weighted by Gasteiger charge is -2.12. The van der Waals surface area contributed by atoms with E-state index >= 15 is 0 Å². The molecule has 0 saturated heterocycles. The van der Waals surface area contributed by atoms with Crippen LogP contribution in [-0.4, -0.2) is 18.5 Å². The molecule has 0 radical (unpaired) electrons. The Bertz CT molecular complexity index is 693. The fourth-order valence-corrected chi connectivity index (χ4v) is 1.80. The van der Waals surface area contributed by atoms with Gasteiger partial charge in [0, 0.05) is 17.3 Å². The summed E-state index contributed by atoms with van der Waals surface area (Å²) in [7, 11) is 1.38. The maximum Gasteiger partial charge on any atom is 0.573 e. The lowest BCUT2D eigenvalue weighted by atomic mass is 10.0. The molecule has 1 heterocycles. The van der Waals surface area contributed by atoms with Crippen LogP contribution in [-0.2, 0) is 0 Å². The number of hydrogen-bond acceptors (Lipinski definition) is 4. The van der Waals surface area contributed by atoms with E-state index in [1.165, 1.54) is 19.4 Å². The second kappa shape index (κ2) is 5.71. The largest absolute Gasteiger partial charge is 0.573 e. The predicted octanol–water partition coefficient (Wildman–Crippen LogP) is 3.53. The molecule has 0 saturated carbocycles. The summed E-state index contributed by atoms with van der Waals surface area (Å²) in [5.41, 5.74) is 0.851. The zero-order valence-electron chi connectivity index (χ0n) is 10.8. The van der Waals surface area contributed by atoms with Crippen molar-refractivity contribution >= 4 is 0 Å². The van der Waals surface area contributed by atoms with Gasteiger partial charge in [-0.25, -0.2) is 4.98 Å². The first-order valence-electron chi connectivity index (χ1n) is 5.74. The average Bonchev–Trinajstić information content (AvgIpc) is 2.45. The molecule has 2 rings (SSSR count). The van der Waals surface area contributed by atoms with E-state index in [-0.39, 0.29) is 17.0 Å². The molecule has 0 aliphatic rings. The van der Waals surface area contributed by atoms with E-state index in [1.54, 1.807) is 12.1 Å². The third-order valence-corrected chi connectivity index (χ3v) is 2.60. The number of alkyl halides is 3. The standard InChI is InChI=1S/C14H9F3N2O2/c1-20-13-11(3-2-6-19-13)12-7-10(21-14(15,16)17)5-4-9(12)8-18/h2-7H,1H3. The van der Waals surface area contributed by atoms with Crippen LogP contribution in [0.2, 0.25) is 0 Å². The first-order valence-corrected chi connectivity index (χ1v) is 5.74. The summed E-state index contributed by atoms with van der Waals surface area (Å²) in [5, 5.41) is 9.09. The summed E-state index contributed by atoms with van der Waals surface area (Å²) in [6.07, 6.45) is -3.32. The van der Waals surface area contributed by atoms with Gasteiger partial charge in [0.25, 0.3) is 0 Å². The maximum atomic E-state index is 12.3. The van der Waals surface area contributed by atoms with Crippen LogP contribution >= 0.6 is 0 Å². The fraction of sp³-hybridized carbons (Fsp3) is 0.143. The molecule has 0 spiro atoms. The number of rotatable bonds is 3. The summed E-state index contributed by atoms with van der Waals surface area (Å²) in [4.78, 5) is 3.96. The number of nitrogens with zero attached hydrogens (tertiary/aromatic N) is 2. The molecule has 4 nitrogen and oxygen atoms in total. The summed E-state index contributed by atoms with van der Waals surface area (Å²) < 4.78 is 45.8. The Labute approximate surface area is 118 Å². The zero-order chi connectivity index (χ0) is 15.5. The highest BCUT2D eigenvalue weighted by atomic mass is 19.4. The fourth-order valence-electron chi connectivity index (χ4n) is 1.80. The third kappa shape index (κ3) is 3.42. The lowest BCUT2D eigenvalue weighted by Crippen LogP contribution is -2.17. The van der Waals surface area contributed by atoms with Gasteiger partial charge < -0.3 is 9.47 Å². The normalized spacial score (nSPS) is 10.8. The summed E-state index contributed by atoms with van der Waals surface area (Å²) in [6, 6.07) is 8.57. The van der Waals surface area contributed by atoms with Gasteiger partial charge >= 0.3 is 6.36 Å². The lowest BCUT2D eigenvalue weighted by molar-refractivity contribution is -0.274. The van der Waals surface area contributed by atoms with Crippen LogP contribution in [0.25, 0.3) is 11.1 Å². The Morgan fingerprint density at radius 3 is 2.57 bits per heavy atom. The number of hydrogen-bond donors (Lipinski definition) is 0. The Hall–Kier alpha value is -2.75. The number of nitriles is 1. The van der Waals surface area contributed by atoms with Crippen LogP contribution < -0.4 is 9.47 Å². The van der Waals surface area contributed by atoms with Crippen LogP contribution in [0, 0.1) is 11.3 Å². The van der Waals surface area contributed by atoms with E-state index in [4.69, 9.17) is 10.00 Å². The van der Waals surface area contributed by atoms with E-state index in [2.05, 4.69) is 9.72 Å². The van der Waals surface area contributed by atoms with Gasteiger partial charge in [-0.1, -0.05) is 0 Å². The van der Waals surface area contributed by atoms with Crippen molar-refractivity contribution in [3.05, 3.63) is 42.1 Å². The van der Waals surface area contributed by atoms with Gasteiger partial charge in [0.2, 0.25) is 5.88 Å². The molecule has 1 aromatic carbocycles. The Morgan fingerprint density at radius 1 is 1.19 bits per heavy atom. The van der Waals surface area contributed by atoms with E-state index < -0.39 is 12.1 Å². The van der Waals surface area contributed by atoms with Crippen LogP contribution in [0.5, 0.6) is 11.6 Å². The smallest absolute Gasteiger partial charge is 0.481 e. The SMILES string of the molecule is COc1ncccc1-c1cc(OC(F)(F)F)ccc1C#N. The molecule has 0 aliphatic carbocycles. The molecule has 2 aromatic rings. The Balaban J connectivity index is 2.56. The van der Waals surface area contributed by atoms with E-state index in [9.17, 15) is 13.2 Å². The van der Waals surface area contributed by atoms with Crippen molar-refractivity contribution < 1.29 is 22.6 Å². The van der Waals surface area contributed by atoms with E-state index in [0.717, 1.165) is 12.1 Å².